The molecule has 1 aliphatic heterocycles. The van der Waals surface area contributed by atoms with Gasteiger partial charge in [0.05, 0.1) is 0 Å². The molecule has 0 aromatic heterocycles. The van der Waals surface area contributed by atoms with Gasteiger partial charge in [-0.1, -0.05) is 7.60 Å². The van der Waals surface area contributed by atoms with Crippen LogP contribution in [-0.2, 0) is 9.36 Å². The summed E-state index contributed by atoms with van der Waals surface area (Å²) in [5.74, 6) is -0.0524. The van der Waals surface area contributed by atoms with Crippen LogP contribution in [0.15, 0.2) is 0 Å². The van der Waals surface area contributed by atoms with Crippen LogP contribution in [0, 0.1) is 0 Å². The molecule has 1 heterocycles. The summed E-state index contributed by atoms with van der Waals surface area (Å²) >= 11 is 0. The number of nitrogens with zero attached hydrogens (tertiary/aromatic N) is 1. The van der Waals surface area contributed by atoms with Crippen molar-refractivity contribution in [1.29, 1.82) is 0 Å². The second-order valence-corrected chi connectivity index (χ2v) is 4.49. The summed E-state index contributed by atoms with van der Waals surface area (Å²) in [6, 6.07) is 0. The Labute approximate surface area is 70.5 Å². The predicted molar refractivity (Wildman–Crippen MR) is 38.3 cm³/mol. The predicted octanol–water partition coefficient (Wildman–Crippen LogP) is -1.48. The zero-order chi connectivity index (χ0) is 9.19. The highest BCUT2D eigenvalue weighted by Crippen LogP contribution is 2.23. The Bertz CT molecular complexity index is 224. The van der Waals surface area contributed by atoms with Crippen molar-refractivity contribution in [3.05, 3.63) is 0 Å². The second kappa shape index (κ2) is 3.56. The average Bonchev–Trinajstić information content (AvgIpc) is 2.29. The highest BCUT2D eigenvalue weighted by atomic mass is 31.2. The molecule has 70 valence electrons. The van der Waals surface area contributed by atoms with E-state index in [4.69, 9.17) is 0 Å². The van der Waals surface area contributed by atoms with E-state index in [0.29, 0.717) is 13.0 Å². The lowest BCUT2D eigenvalue weighted by Crippen LogP contribution is -2.31. The Morgan fingerprint density at radius 3 is 2.58 bits per heavy atom. The third kappa shape index (κ3) is 2.93. The number of likely N-dealkylation sites (tertiary alicyclic amines) is 1. The molecule has 0 N–H and O–H groups in total. The van der Waals surface area contributed by atoms with Crippen LogP contribution < -0.4 is 9.79 Å². The number of hydrogen-bond acceptors (Lipinski definition) is 4. The van der Waals surface area contributed by atoms with Crippen molar-refractivity contribution in [3.8, 4) is 0 Å². The number of carbonyl (C=O) groups excluding carboxylic acids is 1. The molecule has 1 rings (SSSR count). The molecule has 1 saturated heterocycles. The van der Waals surface area contributed by atoms with Gasteiger partial charge in [0, 0.05) is 19.5 Å². The first kappa shape index (κ1) is 9.71. The monoisotopic (exact) mass is 191 g/mol. The standard InChI is InChI=1S/C6H12NO4P/c8-6-2-1-3-7(6)4-5-12(9,10)11/h1-5H2,(H2,9,10,11)/p-2. The van der Waals surface area contributed by atoms with Crippen molar-refractivity contribution >= 4 is 13.5 Å². The van der Waals surface area contributed by atoms with Crippen molar-refractivity contribution < 1.29 is 19.1 Å². The lowest BCUT2D eigenvalue weighted by Gasteiger charge is -2.31. The number of rotatable bonds is 3. The Hall–Kier alpha value is -0.380. The minimum Gasteiger partial charge on any atom is -0.811 e. The van der Waals surface area contributed by atoms with Crippen LogP contribution >= 0.6 is 7.60 Å². The molecule has 1 fully saturated rings. The fourth-order valence-electron chi connectivity index (χ4n) is 1.18. The van der Waals surface area contributed by atoms with Gasteiger partial charge < -0.3 is 19.3 Å². The molecule has 5 nitrogen and oxygen atoms in total. The molecule has 12 heavy (non-hydrogen) atoms. The first-order valence-electron chi connectivity index (χ1n) is 3.78. The maximum atomic E-state index is 10.9. The van der Waals surface area contributed by atoms with Crippen LogP contribution in [0.4, 0.5) is 0 Å². The molecule has 0 aromatic rings. The Morgan fingerprint density at radius 1 is 1.50 bits per heavy atom. The van der Waals surface area contributed by atoms with Gasteiger partial charge in [-0.2, -0.15) is 0 Å². The van der Waals surface area contributed by atoms with Gasteiger partial charge in [0.2, 0.25) is 5.91 Å². The zero-order valence-electron chi connectivity index (χ0n) is 6.56. The summed E-state index contributed by atoms with van der Waals surface area (Å²) in [5, 5.41) is 0. The lowest BCUT2D eigenvalue weighted by molar-refractivity contribution is -0.313. The Balaban J connectivity index is 2.32. The van der Waals surface area contributed by atoms with Crippen molar-refractivity contribution in [2.45, 2.75) is 12.8 Å². The van der Waals surface area contributed by atoms with Crippen molar-refractivity contribution in [2.24, 2.45) is 0 Å². The van der Waals surface area contributed by atoms with Crippen LogP contribution in [0.3, 0.4) is 0 Å². The largest absolute Gasteiger partial charge is 0.811 e. The summed E-state index contributed by atoms with van der Waals surface area (Å²) in [4.78, 5) is 32.8. The number of carbonyl (C=O) groups is 1. The van der Waals surface area contributed by atoms with E-state index >= 15 is 0 Å². The van der Waals surface area contributed by atoms with Gasteiger partial charge in [0.25, 0.3) is 0 Å². The first-order chi connectivity index (χ1) is 5.49. The van der Waals surface area contributed by atoms with E-state index in [1.807, 2.05) is 0 Å². The second-order valence-electron chi connectivity index (χ2n) is 2.82. The fourth-order valence-corrected chi connectivity index (χ4v) is 1.67. The molecule has 0 unspecified atom stereocenters. The minimum atomic E-state index is -4.44. The van der Waals surface area contributed by atoms with E-state index in [1.54, 1.807) is 0 Å². The third-order valence-corrected chi connectivity index (χ3v) is 2.56. The topological polar surface area (TPSA) is 83.5 Å². The number of amides is 1. The van der Waals surface area contributed by atoms with Crippen LogP contribution in [0.5, 0.6) is 0 Å². The van der Waals surface area contributed by atoms with Crippen LogP contribution in [0.25, 0.3) is 0 Å². The van der Waals surface area contributed by atoms with Crippen molar-refractivity contribution in [3.63, 3.8) is 0 Å². The van der Waals surface area contributed by atoms with Gasteiger partial charge >= 0.3 is 0 Å². The summed E-state index contributed by atoms with van der Waals surface area (Å²) in [7, 11) is -4.44. The molecule has 1 amide bonds. The Morgan fingerprint density at radius 2 is 2.17 bits per heavy atom. The molecule has 0 aliphatic carbocycles. The smallest absolute Gasteiger partial charge is 0.222 e. The summed E-state index contributed by atoms with van der Waals surface area (Å²) in [5.41, 5.74) is 0. The van der Waals surface area contributed by atoms with Gasteiger partial charge in [0.15, 0.2) is 0 Å². The van der Waals surface area contributed by atoms with E-state index in [-0.39, 0.29) is 12.5 Å². The van der Waals surface area contributed by atoms with Crippen LogP contribution in [-0.4, -0.2) is 30.1 Å². The van der Waals surface area contributed by atoms with E-state index in [1.165, 1.54) is 4.90 Å². The van der Waals surface area contributed by atoms with Gasteiger partial charge in [-0.25, -0.2) is 0 Å². The van der Waals surface area contributed by atoms with Gasteiger partial charge in [-0.15, -0.1) is 0 Å². The van der Waals surface area contributed by atoms with E-state index in [2.05, 4.69) is 0 Å². The van der Waals surface area contributed by atoms with Gasteiger partial charge in [0.1, 0.15) is 0 Å². The minimum absolute atomic E-state index is 0.0524. The zero-order valence-corrected chi connectivity index (χ0v) is 7.46. The molecule has 0 bridgehead atoms. The number of hydrogen-bond donors (Lipinski definition) is 0. The molecule has 0 radical (unpaired) electrons. The molecule has 1 aliphatic rings. The van der Waals surface area contributed by atoms with Crippen molar-refractivity contribution in [1.82, 2.24) is 4.90 Å². The molecule has 0 saturated carbocycles. The fraction of sp³-hybridized carbons (Fsp3) is 0.833. The van der Waals surface area contributed by atoms with Crippen LogP contribution in [0.2, 0.25) is 0 Å². The molecule has 0 spiro atoms. The summed E-state index contributed by atoms with van der Waals surface area (Å²) in [6.45, 7) is 0.641. The highest BCUT2D eigenvalue weighted by Gasteiger charge is 2.19. The SMILES string of the molecule is O=C1CCCN1CCP(=O)([O-])[O-]. The maximum absolute atomic E-state index is 10.9. The summed E-state index contributed by atoms with van der Waals surface area (Å²) < 4.78 is 10.2. The highest BCUT2D eigenvalue weighted by molar-refractivity contribution is 7.48. The molecular weight excluding hydrogens is 181 g/mol. The van der Waals surface area contributed by atoms with Crippen LogP contribution in [0.1, 0.15) is 12.8 Å². The van der Waals surface area contributed by atoms with E-state index < -0.39 is 13.8 Å². The maximum Gasteiger partial charge on any atom is 0.222 e. The van der Waals surface area contributed by atoms with E-state index in [0.717, 1.165) is 6.42 Å². The molecule has 0 atom stereocenters. The van der Waals surface area contributed by atoms with E-state index in [9.17, 15) is 19.1 Å². The third-order valence-electron chi connectivity index (χ3n) is 1.82. The molecular formula is C6H10NO4P-2. The first-order valence-corrected chi connectivity index (χ1v) is 5.51. The summed E-state index contributed by atoms with van der Waals surface area (Å²) in [6.07, 6.45) is 0.793. The average molecular weight is 191 g/mol. The normalized spacial score (nSPS) is 18.8. The van der Waals surface area contributed by atoms with Gasteiger partial charge in [-0.05, 0) is 12.6 Å². The molecule has 0 aromatic carbocycles. The van der Waals surface area contributed by atoms with Crippen molar-refractivity contribution in [2.75, 3.05) is 19.3 Å². The lowest BCUT2D eigenvalue weighted by atomic mass is 10.4. The molecule has 6 heteroatoms. The quantitative estimate of drug-likeness (QED) is 0.509. The van der Waals surface area contributed by atoms with Gasteiger partial charge in [-0.3, -0.25) is 4.79 Å². The Kier molecular flexibility index (Phi) is 2.88.